The highest BCUT2D eigenvalue weighted by Gasteiger charge is 2.27. The van der Waals surface area contributed by atoms with E-state index >= 15 is 0 Å². The van der Waals surface area contributed by atoms with Gasteiger partial charge in [0.1, 0.15) is 5.75 Å². The van der Waals surface area contributed by atoms with Gasteiger partial charge in [-0.05, 0) is 38.6 Å². The maximum Gasteiger partial charge on any atom is 0.335 e. The van der Waals surface area contributed by atoms with Crippen molar-refractivity contribution in [2.24, 2.45) is 0 Å². The second-order valence-corrected chi connectivity index (χ2v) is 4.83. The minimum absolute atomic E-state index is 0.0855. The van der Waals surface area contributed by atoms with E-state index in [0.717, 1.165) is 0 Å². The number of aromatic carboxylic acids is 1. The topological polar surface area (TPSA) is 87.7 Å². The lowest BCUT2D eigenvalue weighted by Crippen LogP contribution is -2.49. The van der Waals surface area contributed by atoms with E-state index in [4.69, 9.17) is 9.84 Å². The van der Waals surface area contributed by atoms with E-state index in [1.54, 1.807) is 13.8 Å². The monoisotopic (exact) mass is 280 g/mol. The lowest BCUT2D eigenvalue weighted by molar-refractivity contribution is -0.121. The van der Waals surface area contributed by atoms with Gasteiger partial charge in [-0.1, -0.05) is 6.92 Å². The largest absolute Gasteiger partial charge is 0.495 e. The zero-order valence-electron chi connectivity index (χ0n) is 12.1. The Kier molecular flexibility index (Phi) is 5.10. The standard InChI is InChI=1S/C14H20N2O4/c1-5-15-14(2,3)13(19)16-10-8-9(12(17)18)6-7-11(10)20-4/h6-8,15H,5H2,1-4H3,(H,16,19)(H,17,18). The Hall–Kier alpha value is -2.08. The fraction of sp³-hybridized carbons (Fsp3) is 0.429. The number of hydrogen-bond acceptors (Lipinski definition) is 4. The predicted molar refractivity (Wildman–Crippen MR) is 76.3 cm³/mol. The lowest BCUT2D eigenvalue weighted by atomic mass is 10.0. The molecule has 0 radical (unpaired) electrons. The third-order valence-electron chi connectivity index (χ3n) is 2.88. The number of anilines is 1. The number of carbonyl (C=O) groups is 2. The number of nitrogens with one attached hydrogen (secondary N) is 2. The van der Waals surface area contributed by atoms with Gasteiger partial charge in [-0.25, -0.2) is 4.79 Å². The second kappa shape index (κ2) is 6.38. The first-order valence-corrected chi connectivity index (χ1v) is 6.29. The smallest absolute Gasteiger partial charge is 0.335 e. The number of carbonyl (C=O) groups excluding carboxylic acids is 1. The number of ether oxygens (including phenoxy) is 1. The molecule has 0 aliphatic rings. The van der Waals surface area contributed by atoms with Crippen molar-refractivity contribution in [2.75, 3.05) is 19.0 Å². The summed E-state index contributed by atoms with van der Waals surface area (Å²) in [5.74, 6) is -0.912. The van der Waals surface area contributed by atoms with Crippen molar-refractivity contribution in [2.45, 2.75) is 26.3 Å². The highest BCUT2D eigenvalue weighted by molar-refractivity contribution is 6.00. The Morgan fingerprint density at radius 1 is 1.35 bits per heavy atom. The van der Waals surface area contributed by atoms with Crippen LogP contribution in [-0.4, -0.2) is 36.2 Å². The fourth-order valence-electron chi connectivity index (χ4n) is 1.74. The van der Waals surface area contributed by atoms with Crippen LogP contribution in [0, 0.1) is 0 Å². The van der Waals surface area contributed by atoms with Crippen LogP contribution < -0.4 is 15.4 Å². The van der Waals surface area contributed by atoms with Gasteiger partial charge in [0.25, 0.3) is 0 Å². The van der Waals surface area contributed by atoms with Crippen LogP contribution in [-0.2, 0) is 4.79 Å². The van der Waals surface area contributed by atoms with Gasteiger partial charge in [0.05, 0.1) is 23.9 Å². The average molecular weight is 280 g/mol. The van der Waals surface area contributed by atoms with E-state index < -0.39 is 11.5 Å². The van der Waals surface area contributed by atoms with Crippen molar-refractivity contribution in [3.05, 3.63) is 23.8 Å². The van der Waals surface area contributed by atoms with E-state index in [9.17, 15) is 9.59 Å². The van der Waals surface area contributed by atoms with E-state index in [1.807, 2.05) is 6.92 Å². The van der Waals surface area contributed by atoms with Crippen molar-refractivity contribution in [1.82, 2.24) is 5.32 Å². The van der Waals surface area contributed by atoms with Crippen LogP contribution in [0.5, 0.6) is 5.75 Å². The van der Waals surface area contributed by atoms with Gasteiger partial charge in [-0.15, -0.1) is 0 Å². The third-order valence-corrected chi connectivity index (χ3v) is 2.88. The molecular formula is C14H20N2O4. The minimum atomic E-state index is -1.06. The molecule has 1 rings (SSSR count). The molecule has 0 bridgehead atoms. The number of amides is 1. The molecule has 0 aromatic heterocycles. The number of likely N-dealkylation sites (N-methyl/N-ethyl adjacent to an activating group) is 1. The van der Waals surface area contributed by atoms with Crippen LogP contribution in [0.25, 0.3) is 0 Å². The maximum atomic E-state index is 12.2. The highest BCUT2D eigenvalue weighted by Crippen LogP contribution is 2.26. The molecule has 20 heavy (non-hydrogen) atoms. The Morgan fingerprint density at radius 3 is 2.50 bits per heavy atom. The second-order valence-electron chi connectivity index (χ2n) is 4.83. The lowest BCUT2D eigenvalue weighted by Gasteiger charge is -2.25. The van der Waals surface area contributed by atoms with Gasteiger partial charge >= 0.3 is 5.97 Å². The summed E-state index contributed by atoms with van der Waals surface area (Å²) in [5, 5.41) is 14.7. The van der Waals surface area contributed by atoms with E-state index in [-0.39, 0.29) is 11.5 Å². The summed E-state index contributed by atoms with van der Waals surface area (Å²) in [6.45, 7) is 6.05. The van der Waals surface area contributed by atoms with Crippen LogP contribution in [0.3, 0.4) is 0 Å². The number of methoxy groups -OCH3 is 1. The van der Waals surface area contributed by atoms with E-state index in [1.165, 1.54) is 25.3 Å². The van der Waals surface area contributed by atoms with Gasteiger partial charge < -0.3 is 20.5 Å². The number of benzene rings is 1. The van der Waals surface area contributed by atoms with Crippen molar-refractivity contribution in [3.8, 4) is 5.75 Å². The molecule has 0 unspecified atom stereocenters. The van der Waals surface area contributed by atoms with Gasteiger partial charge in [0, 0.05) is 0 Å². The zero-order chi connectivity index (χ0) is 15.3. The summed E-state index contributed by atoms with van der Waals surface area (Å²) < 4.78 is 5.13. The SMILES string of the molecule is CCNC(C)(C)C(=O)Nc1cc(C(=O)O)ccc1OC. The normalized spacial score (nSPS) is 11.0. The summed E-state index contributed by atoms with van der Waals surface area (Å²) in [7, 11) is 1.46. The number of carboxylic acids is 1. The third kappa shape index (κ3) is 3.71. The van der Waals surface area contributed by atoms with Gasteiger partial charge in [0.15, 0.2) is 0 Å². The predicted octanol–water partition coefficient (Wildman–Crippen LogP) is 1.72. The van der Waals surface area contributed by atoms with Crippen molar-refractivity contribution in [3.63, 3.8) is 0 Å². The van der Waals surface area contributed by atoms with Crippen LogP contribution in [0.1, 0.15) is 31.1 Å². The van der Waals surface area contributed by atoms with Crippen LogP contribution in [0.15, 0.2) is 18.2 Å². The van der Waals surface area contributed by atoms with Crippen LogP contribution in [0.4, 0.5) is 5.69 Å². The van der Waals surface area contributed by atoms with Gasteiger partial charge in [-0.3, -0.25) is 4.79 Å². The Morgan fingerprint density at radius 2 is 2.00 bits per heavy atom. The first-order chi connectivity index (χ1) is 9.31. The molecule has 110 valence electrons. The molecule has 1 aromatic carbocycles. The first-order valence-electron chi connectivity index (χ1n) is 6.29. The molecule has 0 heterocycles. The van der Waals surface area contributed by atoms with E-state index in [2.05, 4.69) is 10.6 Å². The molecule has 1 aromatic rings. The summed E-state index contributed by atoms with van der Waals surface area (Å²) in [5.41, 5.74) is -0.343. The van der Waals surface area contributed by atoms with Crippen molar-refractivity contribution in [1.29, 1.82) is 0 Å². The molecule has 3 N–H and O–H groups in total. The molecule has 0 aliphatic carbocycles. The average Bonchev–Trinajstić information content (AvgIpc) is 2.38. The molecule has 0 saturated heterocycles. The number of carboxylic acid groups (broad SMARTS) is 1. The van der Waals surface area contributed by atoms with E-state index in [0.29, 0.717) is 18.0 Å². The zero-order valence-corrected chi connectivity index (χ0v) is 12.1. The molecule has 6 heteroatoms. The molecular weight excluding hydrogens is 260 g/mol. The van der Waals surface area contributed by atoms with Gasteiger partial charge in [0.2, 0.25) is 5.91 Å². The highest BCUT2D eigenvalue weighted by atomic mass is 16.5. The first kappa shape index (κ1) is 16.0. The molecule has 0 atom stereocenters. The Labute approximate surface area is 118 Å². The summed E-state index contributed by atoms with van der Waals surface area (Å²) in [4.78, 5) is 23.2. The molecule has 6 nitrogen and oxygen atoms in total. The number of rotatable bonds is 6. The molecule has 1 amide bonds. The van der Waals surface area contributed by atoms with Crippen LogP contribution >= 0.6 is 0 Å². The summed E-state index contributed by atoms with van der Waals surface area (Å²) in [6, 6.07) is 4.31. The van der Waals surface area contributed by atoms with Crippen molar-refractivity contribution >= 4 is 17.6 Å². The Bertz CT molecular complexity index is 512. The maximum absolute atomic E-state index is 12.2. The fourth-order valence-corrected chi connectivity index (χ4v) is 1.74. The minimum Gasteiger partial charge on any atom is -0.495 e. The molecule has 0 fully saturated rings. The quantitative estimate of drug-likeness (QED) is 0.738. The Balaban J connectivity index is 3.04. The number of hydrogen-bond donors (Lipinski definition) is 3. The summed E-state index contributed by atoms with van der Waals surface area (Å²) in [6.07, 6.45) is 0. The molecule has 0 saturated carbocycles. The molecule has 0 spiro atoms. The van der Waals surface area contributed by atoms with Crippen molar-refractivity contribution < 1.29 is 19.4 Å². The summed E-state index contributed by atoms with van der Waals surface area (Å²) >= 11 is 0. The van der Waals surface area contributed by atoms with Gasteiger partial charge in [-0.2, -0.15) is 0 Å². The van der Waals surface area contributed by atoms with Crippen LogP contribution in [0.2, 0.25) is 0 Å². The molecule has 0 aliphatic heterocycles.